The molecule has 2 rings (SSSR count). The molecule has 0 bridgehead atoms. The number of pyridine rings is 2. The van der Waals surface area contributed by atoms with Gasteiger partial charge in [0.15, 0.2) is 0 Å². The van der Waals surface area contributed by atoms with Gasteiger partial charge in [0.2, 0.25) is 0 Å². The molecule has 0 aliphatic carbocycles. The van der Waals surface area contributed by atoms with E-state index in [2.05, 4.69) is 22.2 Å². The van der Waals surface area contributed by atoms with Gasteiger partial charge in [-0.2, -0.15) is 0 Å². The predicted molar refractivity (Wildman–Crippen MR) is 71.7 cm³/mol. The first-order valence-corrected chi connectivity index (χ1v) is 6.04. The molecule has 4 heteroatoms. The lowest BCUT2D eigenvalue weighted by Crippen LogP contribution is -2.18. The van der Waals surface area contributed by atoms with Crippen molar-refractivity contribution in [3.63, 3.8) is 0 Å². The summed E-state index contributed by atoms with van der Waals surface area (Å²) in [7, 11) is 0. The molecule has 0 saturated carbocycles. The zero-order chi connectivity index (χ0) is 12.6. The Balaban J connectivity index is 1.71. The Hall–Kier alpha value is -2.10. The molecule has 4 nitrogen and oxygen atoms in total. The minimum Gasteiger partial charge on any atom is -0.493 e. The van der Waals surface area contributed by atoms with E-state index in [0.29, 0.717) is 12.6 Å². The summed E-state index contributed by atoms with van der Waals surface area (Å²) in [5.41, 5.74) is 1.08. The molecular weight excluding hydrogens is 226 g/mol. The van der Waals surface area contributed by atoms with Gasteiger partial charge in [-0.1, -0.05) is 0 Å². The van der Waals surface area contributed by atoms with Crippen LogP contribution in [0.2, 0.25) is 0 Å². The van der Waals surface area contributed by atoms with Crippen molar-refractivity contribution in [2.75, 3.05) is 11.9 Å². The molecule has 0 radical (unpaired) electrons. The van der Waals surface area contributed by atoms with Gasteiger partial charge in [-0.15, -0.1) is 0 Å². The van der Waals surface area contributed by atoms with Crippen LogP contribution < -0.4 is 10.1 Å². The van der Waals surface area contributed by atoms with E-state index in [0.717, 1.165) is 17.9 Å². The minimum absolute atomic E-state index is 0.356. The van der Waals surface area contributed by atoms with E-state index >= 15 is 0 Å². The average molecular weight is 243 g/mol. The van der Waals surface area contributed by atoms with Gasteiger partial charge in [-0.25, -0.2) is 0 Å². The molecule has 0 spiro atoms. The van der Waals surface area contributed by atoms with Gasteiger partial charge in [-0.3, -0.25) is 9.97 Å². The second-order valence-corrected chi connectivity index (χ2v) is 4.10. The molecule has 18 heavy (non-hydrogen) atoms. The van der Waals surface area contributed by atoms with Gasteiger partial charge in [0, 0.05) is 42.9 Å². The summed E-state index contributed by atoms with van der Waals surface area (Å²) in [6, 6.07) is 8.00. The third-order valence-electron chi connectivity index (χ3n) is 2.56. The number of ether oxygens (including phenoxy) is 1. The lowest BCUT2D eigenvalue weighted by molar-refractivity contribution is 0.304. The number of nitrogens with one attached hydrogen (secondary N) is 1. The van der Waals surface area contributed by atoms with Gasteiger partial charge >= 0.3 is 0 Å². The third kappa shape index (κ3) is 4.05. The van der Waals surface area contributed by atoms with Gasteiger partial charge in [0.25, 0.3) is 0 Å². The number of hydrogen-bond acceptors (Lipinski definition) is 4. The molecule has 0 amide bonds. The van der Waals surface area contributed by atoms with Crippen LogP contribution in [0.4, 0.5) is 5.69 Å². The predicted octanol–water partition coefficient (Wildman–Crippen LogP) is 2.75. The molecule has 94 valence electrons. The number of nitrogens with zero attached hydrogens (tertiary/aromatic N) is 2. The Kier molecular flexibility index (Phi) is 4.53. The molecule has 1 unspecified atom stereocenters. The van der Waals surface area contributed by atoms with Crippen LogP contribution in [-0.2, 0) is 0 Å². The maximum Gasteiger partial charge on any atom is 0.122 e. The molecule has 2 aromatic heterocycles. The van der Waals surface area contributed by atoms with Crippen molar-refractivity contribution in [2.24, 2.45) is 0 Å². The highest BCUT2D eigenvalue weighted by atomic mass is 16.5. The Morgan fingerprint density at radius 1 is 1.06 bits per heavy atom. The zero-order valence-electron chi connectivity index (χ0n) is 10.4. The standard InChI is InChI=1S/C14H17N3O/c1-12(17-13-2-7-15-8-3-13)6-11-18-14-4-9-16-10-5-14/h2-5,7-10,12H,6,11H2,1H3,(H,15,17). The molecule has 0 fully saturated rings. The zero-order valence-corrected chi connectivity index (χ0v) is 10.4. The van der Waals surface area contributed by atoms with Crippen LogP contribution in [0.25, 0.3) is 0 Å². The molecule has 1 atom stereocenters. The minimum atomic E-state index is 0.356. The molecule has 0 aromatic carbocycles. The third-order valence-corrected chi connectivity index (χ3v) is 2.56. The topological polar surface area (TPSA) is 47.0 Å². The van der Waals surface area contributed by atoms with Crippen molar-refractivity contribution < 1.29 is 4.74 Å². The van der Waals surface area contributed by atoms with Crippen molar-refractivity contribution in [2.45, 2.75) is 19.4 Å². The van der Waals surface area contributed by atoms with E-state index in [4.69, 9.17) is 4.74 Å². The molecular formula is C14H17N3O. The number of hydrogen-bond donors (Lipinski definition) is 1. The largest absolute Gasteiger partial charge is 0.493 e. The van der Waals surface area contributed by atoms with Gasteiger partial charge in [-0.05, 0) is 31.2 Å². The molecule has 0 aliphatic heterocycles. The Labute approximate surface area is 107 Å². The van der Waals surface area contributed by atoms with Gasteiger partial charge in [0.1, 0.15) is 5.75 Å². The second-order valence-electron chi connectivity index (χ2n) is 4.10. The van der Waals surface area contributed by atoms with Gasteiger partial charge in [0.05, 0.1) is 6.61 Å². The summed E-state index contributed by atoms with van der Waals surface area (Å²) in [6.45, 7) is 2.82. The lowest BCUT2D eigenvalue weighted by atomic mass is 10.2. The summed E-state index contributed by atoms with van der Waals surface area (Å²) in [5, 5.41) is 3.40. The summed E-state index contributed by atoms with van der Waals surface area (Å²) in [4.78, 5) is 7.93. The van der Waals surface area contributed by atoms with Crippen LogP contribution in [-0.4, -0.2) is 22.6 Å². The second kappa shape index (κ2) is 6.59. The first kappa shape index (κ1) is 12.4. The number of rotatable bonds is 6. The van der Waals surface area contributed by atoms with E-state index in [-0.39, 0.29) is 0 Å². The van der Waals surface area contributed by atoms with E-state index in [1.54, 1.807) is 24.8 Å². The van der Waals surface area contributed by atoms with E-state index in [9.17, 15) is 0 Å². The monoisotopic (exact) mass is 243 g/mol. The van der Waals surface area contributed by atoms with E-state index in [1.807, 2.05) is 24.3 Å². The fourth-order valence-corrected chi connectivity index (χ4v) is 1.59. The summed E-state index contributed by atoms with van der Waals surface area (Å²) >= 11 is 0. The van der Waals surface area contributed by atoms with Crippen LogP contribution in [0, 0.1) is 0 Å². The molecule has 2 heterocycles. The maximum atomic E-state index is 5.62. The first-order chi connectivity index (χ1) is 8.84. The highest BCUT2D eigenvalue weighted by Gasteiger charge is 2.02. The summed E-state index contributed by atoms with van der Waals surface area (Å²) in [6.07, 6.45) is 7.96. The summed E-state index contributed by atoms with van der Waals surface area (Å²) in [5.74, 6) is 0.862. The van der Waals surface area contributed by atoms with Crippen molar-refractivity contribution in [1.29, 1.82) is 0 Å². The molecule has 0 aliphatic rings. The fraction of sp³-hybridized carbons (Fsp3) is 0.286. The van der Waals surface area contributed by atoms with Crippen molar-refractivity contribution in [1.82, 2.24) is 9.97 Å². The summed E-state index contributed by atoms with van der Waals surface area (Å²) < 4.78 is 5.62. The first-order valence-electron chi connectivity index (χ1n) is 6.04. The SMILES string of the molecule is CC(CCOc1ccncc1)Nc1ccncc1. The van der Waals surface area contributed by atoms with Crippen LogP contribution in [0.15, 0.2) is 49.1 Å². The Bertz CT molecular complexity index is 447. The highest BCUT2D eigenvalue weighted by Crippen LogP contribution is 2.10. The maximum absolute atomic E-state index is 5.62. The molecule has 2 aromatic rings. The van der Waals surface area contributed by atoms with E-state index < -0.39 is 0 Å². The average Bonchev–Trinajstić information content (AvgIpc) is 2.41. The smallest absolute Gasteiger partial charge is 0.122 e. The molecule has 0 saturated heterocycles. The van der Waals surface area contributed by atoms with Crippen LogP contribution in [0.3, 0.4) is 0 Å². The quantitative estimate of drug-likeness (QED) is 0.847. The Morgan fingerprint density at radius 2 is 1.67 bits per heavy atom. The van der Waals surface area contributed by atoms with Crippen LogP contribution in [0.1, 0.15) is 13.3 Å². The van der Waals surface area contributed by atoms with Gasteiger partial charge < -0.3 is 10.1 Å². The van der Waals surface area contributed by atoms with E-state index in [1.165, 1.54) is 0 Å². The normalized spacial score (nSPS) is 11.8. The fourth-order valence-electron chi connectivity index (χ4n) is 1.59. The highest BCUT2D eigenvalue weighted by molar-refractivity contribution is 5.41. The Morgan fingerprint density at radius 3 is 2.33 bits per heavy atom. The lowest BCUT2D eigenvalue weighted by Gasteiger charge is -2.15. The molecule has 1 N–H and O–H groups in total. The van der Waals surface area contributed by atoms with Crippen molar-refractivity contribution in [3.05, 3.63) is 49.1 Å². The van der Waals surface area contributed by atoms with Crippen LogP contribution >= 0.6 is 0 Å². The number of aromatic nitrogens is 2. The number of anilines is 1. The van der Waals surface area contributed by atoms with Crippen molar-refractivity contribution in [3.8, 4) is 5.75 Å². The van der Waals surface area contributed by atoms with Crippen LogP contribution in [0.5, 0.6) is 5.75 Å². The van der Waals surface area contributed by atoms with Crippen molar-refractivity contribution >= 4 is 5.69 Å².